The zero-order chi connectivity index (χ0) is 13.1. The first-order valence-electron chi connectivity index (χ1n) is 5.88. The topological polar surface area (TPSA) is 32.3 Å². The molecule has 0 aliphatic heterocycles. The Hall–Kier alpha value is -1.23. The van der Waals surface area contributed by atoms with Gasteiger partial charge in [-0.25, -0.2) is 0 Å². The number of hydrogen-bond acceptors (Lipinski definition) is 2. The van der Waals surface area contributed by atoms with E-state index in [4.69, 9.17) is 0 Å². The van der Waals surface area contributed by atoms with Gasteiger partial charge in [0.15, 0.2) is 0 Å². The third-order valence-electron chi connectivity index (χ3n) is 2.96. The fourth-order valence-electron chi connectivity index (χ4n) is 1.86. The largest absolute Gasteiger partial charge is 0.508 e. The molecular formula is C15H16INO. The molecule has 0 heterocycles. The first-order chi connectivity index (χ1) is 8.58. The van der Waals surface area contributed by atoms with E-state index in [-0.39, 0.29) is 6.04 Å². The Bertz CT molecular complexity index is 554. The minimum absolute atomic E-state index is 0.0738. The second kappa shape index (κ2) is 5.61. The van der Waals surface area contributed by atoms with E-state index in [0.717, 1.165) is 11.3 Å². The molecule has 2 aromatic rings. The molecule has 0 radical (unpaired) electrons. The molecule has 0 aromatic heterocycles. The Kier molecular flexibility index (Phi) is 4.11. The molecule has 0 aliphatic rings. The Morgan fingerprint density at radius 3 is 2.56 bits per heavy atom. The molecule has 0 fully saturated rings. The van der Waals surface area contributed by atoms with Gasteiger partial charge in [0.05, 0.1) is 6.04 Å². The van der Waals surface area contributed by atoms with Crippen LogP contribution in [0.3, 0.4) is 0 Å². The summed E-state index contributed by atoms with van der Waals surface area (Å²) in [6.45, 7) is 4.14. The molecule has 0 saturated carbocycles. The summed E-state index contributed by atoms with van der Waals surface area (Å²) in [5, 5.41) is 13.2. The van der Waals surface area contributed by atoms with Crippen LogP contribution in [0.4, 0.5) is 5.69 Å². The van der Waals surface area contributed by atoms with Crippen molar-refractivity contribution in [2.45, 2.75) is 19.9 Å². The SMILES string of the molecule is Cc1ccc(NC(C)c2ccccc2O)cc1I. The fraction of sp³-hybridized carbons (Fsp3) is 0.200. The molecule has 0 aliphatic carbocycles. The van der Waals surface area contributed by atoms with Gasteiger partial charge >= 0.3 is 0 Å². The third kappa shape index (κ3) is 2.96. The zero-order valence-corrected chi connectivity index (χ0v) is 12.6. The smallest absolute Gasteiger partial charge is 0.120 e. The summed E-state index contributed by atoms with van der Waals surface area (Å²) in [5.41, 5.74) is 3.25. The van der Waals surface area contributed by atoms with Crippen molar-refractivity contribution in [1.82, 2.24) is 0 Å². The van der Waals surface area contributed by atoms with Crippen molar-refractivity contribution in [3.05, 3.63) is 57.2 Å². The molecule has 2 rings (SSSR count). The van der Waals surface area contributed by atoms with Crippen molar-refractivity contribution in [3.63, 3.8) is 0 Å². The van der Waals surface area contributed by atoms with E-state index < -0.39 is 0 Å². The molecule has 0 saturated heterocycles. The van der Waals surface area contributed by atoms with E-state index >= 15 is 0 Å². The van der Waals surface area contributed by atoms with E-state index in [0.29, 0.717) is 5.75 Å². The number of aromatic hydroxyl groups is 1. The predicted octanol–water partition coefficient (Wildman–Crippen LogP) is 4.48. The van der Waals surface area contributed by atoms with Crippen molar-refractivity contribution in [2.75, 3.05) is 5.32 Å². The third-order valence-corrected chi connectivity index (χ3v) is 4.12. The summed E-state index contributed by atoms with van der Waals surface area (Å²) in [6.07, 6.45) is 0. The van der Waals surface area contributed by atoms with Crippen LogP contribution < -0.4 is 5.32 Å². The Labute approximate surface area is 121 Å². The van der Waals surface area contributed by atoms with Crippen LogP contribution in [0.15, 0.2) is 42.5 Å². The minimum Gasteiger partial charge on any atom is -0.508 e. The van der Waals surface area contributed by atoms with Crippen molar-refractivity contribution in [2.24, 2.45) is 0 Å². The first-order valence-corrected chi connectivity index (χ1v) is 6.96. The van der Waals surface area contributed by atoms with Crippen LogP contribution in [0.5, 0.6) is 5.75 Å². The van der Waals surface area contributed by atoms with Crippen LogP contribution in [0, 0.1) is 10.5 Å². The highest BCUT2D eigenvalue weighted by atomic mass is 127. The van der Waals surface area contributed by atoms with E-state index in [1.165, 1.54) is 9.13 Å². The highest BCUT2D eigenvalue weighted by molar-refractivity contribution is 14.1. The highest BCUT2D eigenvalue weighted by Gasteiger charge is 2.09. The molecule has 2 nitrogen and oxygen atoms in total. The molecular weight excluding hydrogens is 337 g/mol. The maximum Gasteiger partial charge on any atom is 0.120 e. The molecule has 1 atom stereocenters. The lowest BCUT2D eigenvalue weighted by Crippen LogP contribution is -2.07. The van der Waals surface area contributed by atoms with Gasteiger partial charge in [-0.05, 0) is 60.2 Å². The standard InChI is InChI=1S/C15H16INO/c1-10-7-8-12(9-14(10)16)17-11(2)13-5-3-4-6-15(13)18/h3-9,11,17-18H,1-2H3. The second-order valence-corrected chi connectivity index (χ2v) is 5.55. The minimum atomic E-state index is 0.0738. The zero-order valence-electron chi connectivity index (χ0n) is 10.4. The van der Waals surface area contributed by atoms with Crippen molar-refractivity contribution < 1.29 is 5.11 Å². The number of para-hydroxylation sites is 1. The maximum absolute atomic E-state index is 9.82. The van der Waals surface area contributed by atoms with E-state index in [1.54, 1.807) is 6.07 Å². The summed E-state index contributed by atoms with van der Waals surface area (Å²) >= 11 is 2.33. The number of phenols is 1. The molecule has 1 unspecified atom stereocenters. The van der Waals surface area contributed by atoms with Crippen molar-refractivity contribution in [3.8, 4) is 5.75 Å². The molecule has 2 N–H and O–H groups in total. The summed E-state index contributed by atoms with van der Waals surface area (Å²) in [4.78, 5) is 0. The number of hydrogen-bond donors (Lipinski definition) is 2. The van der Waals surface area contributed by atoms with Gasteiger partial charge in [0.2, 0.25) is 0 Å². The number of anilines is 1. The van der Waals surface area contributed by atoms with E-state index in [2.05, 4.69) is 53.0 Å². The first kappa shape index (κ1) is 13.2. The van der Waals surface area contributed by atoms with Gasteiger partial charge in [-0.3, -0.25) is 0 Å². The molecule has 0 spiro atoms. The molecule has 3 heteroatoms. The lowest BCUT2D eigenvalue weighted by atomic mass is 10.1. The van der Waals surface area contributed by atoms with Gasteiger partial charge < -0.3 is 10.4 Å². The summed E-state index contributed by atoms with van der Waals surface area (Å²) in [6, 6.07) is 13.8. The summed E-state index contributed by atoms with van der Waals surface area (Å²) < 4.78 is 1.24. The van der Waals surface area contributed by atoms with Crippen molar-refractivity contribution in [1.29, 1.82) is 0 Å². The maximum atomic E-state index is 9.82. The van der Waals surface area contributed by atoms with Crippen LogP contribution in [-0.2, 0) is 0 Å². The van der Waals surface area contributed by atoms with Gasteiger partial charge in [0.25, 0.3) is 0 Å². The van der Waals surface area contributed by atoms with Crippen LogP contribution in [0.1, 0.15) is 24.1 Å². The number of nitrogens with one attached hydrogen (secondary N) is 1. The van der Waals surface area contributed by atoms with Crippen molar-refractivity contribution >= 4 is 28.3 Å². The molecule has 2 aromatic carbocycles. The monoisotopic (exact) mass is 353 g/mol. The number of aryl methyl sites for hydroxylation is 1. The average molecular weight is 353 g/mol. The second-order valence-electron chi connectivity index (χ2n) is 4.39. The summed E-state index contributed by atoms with van der Waals surface area (Å²) in [5.74, 6) is 0.333. The van der Waals surface area contributed by atoms with Gasteiger partial charge in [-0.15, -0.1) is 0 Å². The highest BCUT2D eigenvalue weighted by Crippen LogP contribution is 2.27. The average Bonchev–Trinajstić information content (AvgIpc) is 2.34. The van der Waals surface area contributed by atoms with Gasteiger partial charge in [-0.2, -0.15) is 0 Å². The number of halogens is 1. The van der Waals surface area contributed by atoms with E-state index in [9.17, 15) is 5.11 Å². The van der Waals surface area contributed by atoms with Crippen LogP contribution in [-0.4, -0.2) is 5.11 Å². The molecule has 0 amide bonds. The molecule has 0 bridgehead atoms. The number of benzene rings is 2. The summed E-state index contributed by atoms with van der Waals surface area (Å²) in [7, 11) is 0. The normalized spacial score (nSPS) is 12.2. The predicted molar refractivity (Wildman–Crippen MR) is 84.0 cm³/mol. The molecule has 94 valence electrons. The van der Waals surface area contributed by atoms with E-state index in [1.807, 2.05) is 25.1 Å². The van der Waals surface area contributed by atoms with Gasteiger partial charge in [-0.1, -0.05) is 24.3 Å². The number of phenolic OH excluding ortho intramolecular Hbond substituents is 1. The van der Waals surface area contributed by atoms with Crippen LogP contribution in [0.25, 0.3) is 0 Å². The van der Waals surface area contributed by atoms with Gasteiger partial charge in [0, 0.05) is 14.8 Å². The quantitative estimate of drug-likeness (QED) is 0.798. The lowest BCUT2D eigenvalue weighted by Gasteiger charge is -2.17. The van der Waals surface area contributed by atoms with Crippen LogP contribution in [0.2, 0.25) is 0 Å². The Morgan fingerprint density at radius 2 is 1.89 bits per heavy atom. The Balaban J connectivity index is 2.19. The van der Waals surface area contributed by atoms with Gasteiger partial charge in [0.1, 0.15) is 5.75 Å². The Morgan fingerprint density at radius 1 is 1.17 bits per heavy atom. The molecule has 18 heavy (non-hydrogen) atoms. The number of rotatable bonds is 3. The van der Waals surface area contributed by atoms with Crippen LogP contribution >= 0.6 is 22.6 Å². The lowest BCUT2D eigenvalue weighted by molar-refractivity contribution is 0.465. The fourth-order valence-corrected chi connectivity index (χ4v) is 2.38.